The average Bonchev–Trinajstić information content (AvgIpc) is 2.47. The van der Waals surface area contributed by atoms with Crippen LogP contribution < -0.4 is 0 Å². The van der Waals surface area contributed by atoms with Gasteiger partial charge in [-0.15, -0.1) is 0 Å². The Labute approximate surface area is 126 Å². The highest BCUT2D eigenvalue weighted by Crippen LogP contribution is 2.14. The molecule has 1 amide bonds. The molecule has 0 spiro atoms. The Hall–Kier alpha value is -1.83. The van der Waals surface area contributed by atoms with Crippen molar-refractivity contribution < 1.29 is 15.0 Å². The van der Waals surface area contributed by atoms with Crippen molar-refractivity contribution in [1.82, 2.24) is 4.90 Å². The van der Waals surface area contributed by atoms with Crippen molar-refractivity contribution >= 4 is 5.91 Å². The standard InChI is InChI=1S/C17H23NO3/c1-3-9-18(10-12-20)17(21)16-8-7-14(2)13-15(16)6-4-5-11-19/h7-8,13,19-20H,3,5,9-12H2,1-2H3. The highest BCUT2D eigenvalue weighted by atomic mass is 16.3. The summed E-state index contributed by atoms with van der Waals surface area (Å²) in [5, 5.41) is 17.9. The van der Waals surface area contributed by atoms with E-state index in [1.54, 1.807) is 11.0 Å². The van der Waals surface area contributed by atoms with Crippen LogP contribution >= 0.6 is 0 Å². The highest BCUT2D eigenvalue weighted by molar-refractivity contribution is 5.96. The number of amides is 1. The molecule has 0 unspecified atom stereocenters. The zero-order valence-electron chi connectivity index (χ0n) is 12.7. The summed E-state index contributed by atoms with van der Waals surface area (Å²) >= 11 is 0. The van der Waals surface area contributed by atoms with Crippen molar-refractivity contribution in [2.75, 3.05) is 26.3 Å². The van der Waals surface area contributed by atoms with Gasteiger partial charge in [0.15, 0.2) is 0 Å². The van der Waals surface area contributed by atoms with E-state index in [4.69, 9.17) is 10.2 Å². The maximum absolute atomic E-state index is 12.6. The third-order valence-corrected chi connectivity index (χ3v) is 3.02. The molecular formula is C17H23NO3. The molecule has 0 aromatic heterocycles. The monoisotopic (exact) mass is 289 g/mol. The number of aryl methyl sites for hydroxylation is 1. The smallest absolute Gasteiger partial charge is 0.255 e. The Kier molecular flexibility index (Phi) is 7.52. The van der Waals surface area contributed by atoms with Gasteiger partial charge in [0.2, 0.25) is 0 Å². The number of hydrogen-bond acceptors (Lipinski definition) is 3. The number of carbonyl (C=O) groups is 1. The fourth-order valence-corrected chi connectivity index (χ4v) is 2.04. The molecule has 0 aliphatic carbocycles. The zero-order chi connectivity index (χ0) is 15.7. The van der Waals surface area contributed by atoms with E-state index in [-0.39, 0.29) is 19.1 Å². The molecule has 21 heavy (non-hydrogen) atoms. The zero-order valence-corrected chi connectivity index (χ0v) is 12.7. The summed E-state index contributed by atoms with van der Waals surface area (Å²) in [6, 6.07) is 5.54. The SMILES string of the molecule is CCCN(CCO)C(=O)c1ccc(C)cc1C#CCCO. The summed E-state index contributed by atoms with van der Waals surface area (Å²) in [4.78, 5) is 14.2. The Morgan fingerprint density at radius 2 is 2.00 bits per heavy atom. The second kappa shape index (κ2) is 9.17. The van der Waals surface area contributed by atoms with E-state index in [1.807, 2.05) is 26.0 Å². The van der Waals surface area contributed by atoms with Gasteiger partial charge in [-0.2, -0.15) is 0 Å². The van der Waals surface area contributed by atoms with E-state index in [2.05, 4.69) is 11.8 Å². The Morgan fingerprint density at radius 3 is 2.62 bits per heavy atom. The summed E-state index contributed by atoms with van der Waals surface area (Å²) in [7, 11) is 0. The molecule has 4 nitrogen and oxygen atoms in total. The van der Waals surface area contributed by atoms with E-state index in [0.29, 0.717) is 30.6 Å². The first kappa shape index (κ1) is 17.2. The van der Waals surface area contributed by atoms with Crippen LogP contribution in [0.4, 0.5) is 0 Å². The largest absolute Gasteiger partial charge is 0.395 e. The number of carbonyl (C=O) groups excluding carboxylic acids is 1. The van der Waals surface area contributed by atoms with Crippen molar-refractivity contribution in [3.63, 3.8) is 0 Å². The molecule has 0 radical (unpaired) electrons. The van der Waals surface area contributed by atoms with E-state index in [9.17, 15) is 4.79 Å². The third kappa shape index (κ3) is 5.22. The van der Waals surface area contributed by atoms with Gasteiger partial charge < -0.3 is 15.1 Å². The molecule has 1 rings (SSSR count). The number of benzene rings is 1. The van der Waals surface area contributed by atoms with Crippen molar-refractivity contribution in [1.29, 1.82) is 0 Å². The van der Waals surface area contributed by atoms with Crippen molar-refractivity contribution in [2.45, 2.75) is 26.7 Å². The summed E-state index contributed by atoms with van der Waals surface area (Å²) in [6.07, 6.45) is 1.22. The molecule has 0 saturated carbocycles. The second-order valence-corrected chi connectivity index (χ2v) is 4.84. The lowest BCUT2D eigenvalue weighted by atomic mass is 10.0. The lowest BCUT2D eigenvalue weighted by Gasteiger charge is -2.21. The minimum Gasteiger partial charge on any atom is -0.395 e. The second-order valence-electron chi connectivity index (χ2n) is 4.84. The molecule has 0 aliphatic heterocycles. The predicted molar refractivity (Wildman–Crippen MR) is 83.0 cm³/mol. The fraction of sp³-hybridized carbons (Fsp3) is 0.471. The van der Waals surface area contributed by atoms with Gasteiger partial charge in [-0.3, -0.25) is 4.79 Å². The molecule has 0 bridgehead atoms. The van der Waals surface area contributed by atoms with Gasteiger partial charge in [-0.05, 0) is 31.0 Å². The molecule has 0 fully saturated rings. The predicted octanol–water partition coefficient (Wildman–Crippen LogP) is 1.57. The lowest BCUT2D eigenvalue weighted by Crippen LogP contribution is -2.34. The van der Waals surface area contributed by atoms with Gasteiger partial charge in [-0.1, -0.05) is 24.8 Å². The number of rotatable bonds is 6. The molecule has 4 heteroatoms. The topological polar surface area (TPSA) is 60.8 Å². The van der Waals surface area contributed by atoms with Gasteiger partial charge in [0.1, 0.15) is 0 Å². The Bertz CT molecular complexity index is 523. The number of hydrogen-bond donors (Lipinski definition) is 2. The maximum Gasteiger partial charge on any atom is 0.255 e. The first-order valence-electron chi connectivity index (χ1n) is 7.24. The summed E-state index contributed by atoms with van der Waals surface area (Å²) < 4.78 is 0. The Morgan fingerprint density at radius 1 is 1.24 bits per heavy atom. The van der Waals surface area contributed by atoms with Crippen LogP contribution in [-0.2, 0) is 0 Å². The molecule has 0 atom stereocenters. The van der Waals surface area contributed by atoms with Gasteiger partial charge in [0.05, 0.1) is 18.8 Å². The van der Waals surface area contributed by atoms with Crippen LogP contribution in [0.25, 0.3) is 0 Å². The normalized spacial score (nSPS) is 9.90. The van der Waals surface area contributed by atoms with Crippen LogP contribution in [0.15, 0.2) is 18.2 Å². The van der Waals surface area contributed by atoms with Gasteiger partial charge in [-0.25, -0.2) is 0 Å². The van der Waals surface area contributed by atoms with Crippen molar-refractivity contribution in [3.05, 3.63) is 34.9 Å². The van der Waals surface area contributed by atoms with Gasteiger partial charge in [0, 0.05) is 25.1 Å². The molecule has 0 heterocycles. The van der Waals surface area contributed by atoms with Gasteiger partial charge in [0.25, 0.3) is 5.91 Å². The van der Waals surface area contributed by atoms with E-state index in [0.717, 1.165) is 12.0 Å². The maximum atomic E-state index is 12.6. The first-order chi connectivity index (χ1) is 10.1. The molecule has 1 aromatic rings. The van der Waals surface area contributed by atoms with E-state index >= 15 is 0 Å². The molecule has 114 valence electrons. The minimum atomic E-state index is -0.112. The van der Waals surface area contributed by atoms with Crippen LogP contribution in [0.1, 0.15) is 41.3 Å². The Balaban J connectivity index is 3.10. The third-order valence-electron chi connectivity index (χ3n) is 3.02. The molecular weight excluding hydrogens is 266 g/mol. The summed E-state index contributed by atoms with van der Waals surface area (Å²) in [5.74, 6) is 5.70. The van der Waals surface area contributed by atoms with Crippen LogP contribution in [0.3, 0.4) is 0 Å². The van der Waals surface area contributed by atoms with Crippen LogP contribution in [-0.4, -0.2) is 47.3 Å². The lowest BCUT2D eigenvalue weighted by molar-refractivity contribution is 0.0721. The molecule has 1 aromatic carbocycles. The number of aliphatic hydroxyl groups is 2. The quantitative estimate of drug-likeness (QED) is 0.782. The van der Waals surface area contributed by atoms with Crippen molar-refractivity contribution in [2.24, 2.45) is 0 Å². The van der Waals surface area contributed by atoms with Gasteiger partial charge >= 0.3 is 0 Å². The van der Waals surface area contributed by atoms with Crippen molar-refractivity contribution in [3.8, 4) is 11.8 Å². The molecule has 0 aliphatic rings. The van der Waals surface area contributed by atoms with Crippen LogP contribution in [0.5, 0.6) is 0 Å². The number of aliphatic hydroxyl groups excluding tert-OH is 2. The fourth-order valence-electron chi connectivity index (χ4n) is 2.04. The molecule has 0 saturated heterocycles. The number of nitrogens with zero attached hydrogens (tertiary/aromatic N) is 1. The summed E-state index contributed by atoms with van der Waals surface area (Å²) in [5.41, 5.74) is 2.25. The van der Waals surface area contributed by atoms with E-state index < -0.39 is 0 Å². The highest BCUT2D eigenvalue weighted by Gasteiger charge is 2.17. The van der Waals surface area contributed by atoms with Crippen LogP contribution in [0.2, 0.25) is 0 Å². The minimum absolute atomic E-state index is 0.00850. The van der Waals surface area contributed by atoms with Crippen LogP contribution in [0, 0.1) is 18.8 Å². The molecule has 2 N–H and O–H groups in total. The average molecular weight is 289 g/mol. The summed E-state index contributed by atoms with van der Waals surface area (Å²) in [6.45, 7) is 4.83. The first-order valence-corrected chi connectivity index (χ1v) is 7.24. The van der Waals surface area contributed by atoms with E-state index in [1.165, 1.54) is 0 Å².